The van der Waals surface area contributed by atoms with E-state index in [-0.39, 0.29) is 17.8 Å². The molecule has 1 aliphatic heterocycles. The lowest BCUT2D eigenvalue weighted by atomic mass is 9.91. The first-order valence-corrected chi connectivity index (χ1v) is 8.18. The SMILES string of the molecule is CCOC(=O)C1CCCc2sc(N3CCNC(=O)C3)nc21. The molecule has 1 saturated heterocycles. The Balaban J connectivity index is 1.83. The van der Waals surface area contributed by atoms with Crippen LogP contribution in [0.5, 0.6) is 0 Å². The number of esters is 1. The number of rotatable bonds is 3. The molecule has 0 spiro atoms. The first kappa shape index (κ1) is 14.3. The molecule has 1 fully saturated rings. The second-order valence-electron chi connectivity index (χ2n) is 5.27. The average Bonchev–Trinajstić information content (AvgIpc) is 2.91. The zero-order chi connectivity index (χ0) is 14.8. The molecule has 1 unspecified atom stereocenters. The number of piperazine rings is 1. The van der Waals surface area contributed by atoms with Crippen molar-refractivity contribution in [1.29, 1.82) is 0 Å². The molecule has 1 N–H and O–H groups in total. The van der Waals surface area contributed by atoms with Gasteiger partial charge in [0.05, 0.1) is 18.8 Å². The molecule has 1 aromatic rings. The Morgan fingerprint density at radius 2 is 2.43 bits per heavy atom. The van der Waals surface area contributed by atoms with E-state index in [1.165, 1.54) is 4.88 Å². The number of hydrogen-bond acceptors (Lipinski definition) is 6. The quantitative estimate of drug-likeness (QED) is 0.846. The van der Waals surface area contributed by atoms with Crippen molar-refractivity contribution >= 4 is 28.3 Å². The van der Waals surface area contributed by atoms with Gasteiger partial charge in [-0.05, 0) is 26.2 Å². The van der Waals surface area contributed by atoms with Gasteiger partial charge in [0.15, 0.2) is 5.13 Å². The fourth-order valence-corrected chi connectivity index (χ4v) is 4.00. The van der Waals surface area contributed by atoms with Gasteiger partial charge in [0.2, 0.25) is 5.91 Å². The molecule has 0 radical (unpaired) electrons. The smallest absolute Gasteiger partial charge is 0.315 e. The number of carbonyl (C=O) groups excluding carboxylic acids is 2. The topological polar surface area (TPSA) is 71.5 Å². The summed E-state index contributed by atoms with van der Waals surface area (Å²) in [4.78, 5) is 31.4. The number of nitrogens with one attached hydrogen (secondary N) is 1. The molecule has 6 nitrogen and oxygen atoms in total. The van der Waals surface area contributed by atoms with Crippen molar-refractivity contribution in [2.75, 3.05) is 31.1 Å². The van der Waals surface area contributed by atoms with Gasteiger partial charge in [-0.1, -0.05) is 0 Å². The summed E-state index contributed by atoms with van der Waals surface area (Å²) in [5.74, 6) is -0.389. The number of aromatic nitrogens is 1. The fraction of sp³-hybridized carbons (Fsp3) is 0.643. The van der Waals surface area contributed by atoms with Crippen LogP contribution in [0.1, 0.15) is 36.3 Å². The maximum atomic E-state index is 12.1. The second kappa shape index (κ2) is 6.01. The lowest BCUT2D eigenvalue weighted by molar-refractivity contribution is -0.145. The van der Waals surface area contributed by atoms with E-state index >= 15 is 0 Å². The summed E-state index contributed by atoms with van der Waals surface area (Å²) < 4.78 is 5.16. The Morgan fingerprint density at radius 1 is 1.57 bits per heavy atom. The number of nitrogens with zero attached hydrogens (tertiary/aromatic N) is 2. The first-order chi connectivity index (χ1) is 10.2. The molecule has 1 aliphatic carbocycles. The van der Waals surface area contributed by atoms with Crippen molar-refractivity contribution < 1.29 is 14.3 Å². The zero-order valence-corrected chi connectivity index (χ0v) is 12.9. The summed E-state index contributed by atoms with van der Waals surface area (Å²) in [5.41, 5.74) is 0.866. The van der Waals surface area contributed by atoms with Gasteiger partial charge in [-0.25, -0.2) is 4.98 Å². The standard InChI is InChI=1S/C14H19N3O3S/c1-2-20-13(19)9-4-3-5-10-12(9)16-14(21-10)17-7-6-15-11(18)8-17/h9H,2-8H2,1H3,(H,15,18). The number of amides is 1. The number of carbonyl (C=O) groups is 2. The van der Waals surface area contributed by atoms with Gasteiger partial charge < -0.3 is 15.0 Å². The van der Waals surface area contributed by atoms with E-state index < -0.39 is 0 Å². The van der Waals surface area contributed by atoms with Crippen LogP contribution in [-0.2, 0) is 20.7 Å². The van der Waals surface area contributed by atoms with E-state index in [1.54, 1.807) is 11.3 Å². The fourth-order valence-electron chi connectivity index (χ4n) is 2.81. The molecule has 0 aromatic carbocycles. The van der Waals surface area contributed by atoms with E-state index in [1.807, 2.05) is 11.8 Å². The van der Waals surface area contributed by atoms with Gasteiger partial charge in [0, 0.05) is 18.0 Å². The summed E-state index contributed by atoms with van der Waals surface area (Å²) in [7, 11) is 0. The monoisotopic (exact) mass is 309 g/mol. The van der Waals surface area contributed by atoms with Crippen LogP contribution in [0, 0.1) is 0 Å². The number of ether oxygens (including phenoxy) is 1. The number of thiazole rings is 1. The molecule has 0 bridgehead atoms. The van der Waals surface area contributed by atoms with Crippen LogP contribution in [0.4, 0.5) is 5.13 Å². The van der Waals surface area contributed by atoms with Gasteiger partial charge in [-0.15, -0.1) is 11.3 Å². The summed E-state index contributed by atoms with van der Waals surface area (Å²) >= 11 is 1.61. The Kier molecular flexibility index (Phi) is 4.10. The van der Waals surface area contributed by atoms with Crippen molar-refractivity contribution in [3.8, 4) is 0 Å². The van der Waals surface area contributed by atoms with E-state index in [0.29, 0.717) is 19.7 Å². The van der Waals surface area contributed by atoms with Crippen LogP contribution in [0.15, 0.2) is 0 Å². The molecule has 21 heavy (non-hydrogen) atoms. The number of anilines is 1. The number of aryl methyl sites for hydroxylation is 1. The molecule has 1 amide bonds. The maximum absolute atomic E-state index is 12.1. The van der Waals surface area contributed by atoms with Gasteiger partial charge in [0.25, 0.3) is 0 Å². The van der Waals surface area contributed by atoms with Crippen LogP contribution in [0.2, 0.25) is 0 Å². The molecule has 1 aromatic heterocycles. The van der Waals surface area contributed by atoms with Gasteiger partial charge in [0.1, 0.15) is 5.92 Å². The molecule has 7 heteroatoms. The third kappa shape index (κ3) is 2.88. The third-order valence-corrected chi connectivity index (χ3v) is 5.01. The van der Waals surface area contributed by atoms with E-state index in [2.05, 4.69) is 10.3 Å². The summed E-state index contributed by atoms with van der Waals surface area (Å²) in [6.45, 7) is 3.97. The molecular weight excluding hydrogens is 290 g/mol. The van der Waals surface area contributed by atoms with Gasteiger partial charge >= 0.3 is 5.97 Å². The van der Waals surface area contributed by atoms with E-state index in [0.717, 1.165) is 36.6 Å². The average molecular weight is 309 g/mol. The largest absolute Gasteiger partial charge is 0.465 e. The normalized spacial score (nSPS) is 21.7. The Hall–Kier alpha value is -1.63. The Bertz CT molecular complexity index is 558. The van der Waals surface area contributed by atoms with Gasteiger partial charge in [-0.3, -0.25) is 9.59 Å². The summed E-state index contributed by atoms with van der Waals surface area (Å²) in [5, 5.41) is 3.66. The minimum absolute atomic E-state index is 0.0244. The summed E-state index contributed by atoms with van der Waals surface area (Å²) in [6.07, 6.45) is 2.75. The molecule has 0 saturated carbocycles. The third-order valence-electron chi connectivity index (χ3n) is 3.82. The molecular formula is C14H19N3O3S. The number of hydrogen-bond donors (Lipinski definition) is 1. The zero-order valence-electron chi connectivity index (χ0n) is 12.1. The maximum Gasteiger partial charge on any atom is 0.315 e. The predicted octanol–water partition coefficient (Wildman–Crippen LogP) is 1.06. The van der Waals surface area contributed by atoms with E-state index in [4.69, 9.17) is 4.74 Å². The van der Waals surface area contributed by atoms with Crippen LogP contribution < -0.4 is 10.2 Å². The predicted molar refractivity (Wildman–Crippen MR) is 79.6 cm³/mol. The molecule has 114 valence electrons. The lowest BCUT2D eigenvalue weighted by Crippen LogP contribution is -2.47. The molecule has 2 heterocycles. The van der Waals surface area contributed by atoms with Gasteiger partial charge in [-0.2, -0.15) is 0 Å². The minimum atomic E-state index is -0.239. The van der Waals surface area contributed by atoms with Crippen molar-refractivity contribution in [2.45, 2.75) is 32.1 Å². The summed E-state index contributed by atoms with van der Waals surface area (Å²) in [6, 6.07) is 0. The van der Waals surface area contributed by atoms with E-state index in [9.17, 15) is 9.59 Å². The molecule has 1 atom stereocenters. The lowest BCUT2D eigenvalue weighted by Gasteiger charge is -2.25. The molecule has 3 rings (SSSR count). The van der Waals surface area contributed by atoms with Crippen molar-refractivity contribution in [3.63, 3.8) is 0 Å². The van der Waals surface area contributed by atoms with Crippen molar-refractivity contribution in [2.24, 2.45) is 0 Å². The Labute approximate surface area is 127 Å². The highest BCUT2D eigenvalue weighted by Gasteiger charge is 2.32. The Morgan fingerprint density at radius 3 is 3.19 bits per heavy atom. The molecule has 2 aliphatic rings. The van der Waals surface area contributed by atoms with Crippen molar-refractivity contribution in [1.82, 2.24) is 10.3 Å². The second-order valence-corrected chi connectivity index (χ2v) is 6.34. The van der Waals surface area contributed by atoms with Crippen LogP contribution in [-0.4, -0.2) is 43.1 Å². The minimum Gasteiger partial charge on any atom is -0.465 e. The van der Waals surface area contributed by atoms with Crippen LogP contribution in [0.25, 0.3) is 0 Å². The highest BCUT2D eigenvalue weighted by molar-refractivity contribution is 7.15. The number of fused-ring (bicyclic) bond motifs is 1. The highest BCUT2D eigenvalue weighted by Crippen LogP contribution is 2.38. The van der Waals surface area contributed by atoms with Crippen molar-refractivity contribution in [3.05, 3.63) is 10.6 Å². The first-order valence-electron chi connectivity index (χ1n) is 7.37. The van der Waals surface area contributed by atoms with Crippen LogP contribution >= 0.6 is 11.3 Å². The van der Waals surface area contributed by atoms with Crippen LogP contribution in [0.3, 0.4) is 0 Å². The highest BCUT2D eigenvalue weighted by atomic mass is 32.1.